The SMILES string of the molecule is COCCn1ccc2c(Nc3ncc(C4CC4)cc3C(=O)OC(C)(C)C)cccc21. The lowest BCUT2D eigenvalue weighted by Gasteiger charge is -2.21. The fourth-order valence-electron chi connectivity index (χ4n) is 3.55. The van der Waals surface area contributed by atoms with Gasteiger partial charge < -0.3 is 19.4 Å². The van der Waals surface area contributed by atoms with Crippen molar-refractivity contribution in [3.05, 3.63) is 53.9 Å². The van der Waals surface area contributed by atoms with Gasteiger partial charge in [0.25, 0.3) is 0 Å². The molecule has 0 saturated heterocycles. The summed E-state index contributed by atoms with van der Waals surface area (Å²) in [5.74, 6) is 0.668. The number of carbonyl (C=O) groups excluding carboxylic acids is 1. The third-order valence-corrected chi connectivity index (χ3v) is 5.18. The van der Waals surface area contributed by atoms with Gasteiger partial charge in [-0.3, -0.25) is 0 Å². The summed E-state index contributed by atoms with van der Waals surface area (Å²) in [7, 11) is 1.70. The molecule has 1 N–H and O–H groups in total. The maximum absolute atomic E-state index is 12.9. The monoisotopic (exact) mass is 407 g/mol. The molecule has 0 spiro atoms. The molecule has 2 aromatic heterocycles. The van der Waals surface area contributed by atoms with Gasteiger partial charge in [-0.15, -0.1) is 0 Å². The quantitative estimate of drug-likeness (QED) is 0.541. The van der Waals surface area contributed by atoms with Crippen LogP contribution in [0.25, 0.3) is 10.9 Å². The minimum Gasteiger partial charge on any atom is -0.456 e. The van der Waals surface area contributed by atoms with Crippen molar-refractivity contribution in [1.82, 2.24) is 9.55 Å². The van der Waals surface area contributed by atoms with Gasteiger partial charge in [-0.2, -0.15) is 0 Å². The largest absolute Gasteiger partial charge is 0.456 e. The Hall–Kier alpha value is -2.86. The minimum atomic E-state index is -0.567. The van der Waals surface area contributed by atoms with Crippen LogP contribution in [0.4, 0.5) is 11.5 Å². The summed E-state index contributed by atoms with van der Waals surface area (Å²) in [6.07, 6.45) is 6.22. The third-order valence-electron chi connectivity index (χ3n) is 5.18. The van der Waals surface area contributed by atoms with Crippen LogP contribution in [-0.2, 0) is 16.0 Å². The summed E-state index contributed by atoms with van der Waals surface area (Å²) in [5.41, 5.74) is 3.02. The van der Waals surface area contributed by atoms with Crippen LogP contribution in [0.5, 0.6) is 0 Å². The lowest BCUT2D eigenvalue weighted by molar-refractivity contribution is 0.00702. The number of methoxy groups -OCH3 is 1. The molecule has 0 radical (unpaired) electrons. The second-order valence-corrected chi connectivity index (χ2v) is 8.81. The molecule has 3 aromatic rings. The summed E-state index contributed by atoms with van der Waals surface area (Å²) in [6, 6.07) is 10.1. The van der Waals surface area contributed by atoms with Crippen LogP contribution in [0.15, 0.2) is 42.7 Å². The number of aromatic nitrogens is 2. The molecule has 0 atom stereocenters. The van der Waals surface area contributed by atoms with Crippen LogP contribution in [0.1, 0.15) is 55.5 Å². The van der Waals surface area contributed by atoms with Crippen LogP contribution < -0.4 is 5.32 Å². The van der Waals surface area contributed by atoms with E-state index < -0.39 is 5.60 Å². The number of ether oxygens (including phenoxy) is 2. The summed E-state index contributed by atoms with van der Waals surface area (Å²) < 4.78 is 13.0. The van der Waals surface area contributed by atoms with Crippen molar-refractivity contribution in [2.75, 3.05) is 19.0 Å². The second-order valence-electron chi connectivity index (χ2n) is 8.81. The Morgan fingerprint density at radius 1 is 1.27 bits per heavy atom. The zero-order chi connectivity index (χ0) is 21.3. The molecule has 1 aliphatic carbocycles. The number of carbonyl (C=O) groups is 1. The molecule has 6 heteroatoms. The van der Waals surface area contributed by atoms with Crippen LogP contribution in [0.2, 0.25) is 0 Å². The Morgan fingerprint density at radius 2 is 2.07 bits per heavy atom. The molecule has 0 unspecified atom stereocenters. The number of nitrogens with zero attached hydrogens (tertiary/aromatic N) is 2. The molecule has 1 aliphatic rings. The zero-order valence-electron chi connectivity index (χ0n) is 18.1. The average molecular weight is 408 g/mol. The van der Waals surface area contributed by atoms with E-state index >= 15 is 0 Å². The van der Waals surface area contributed by atoms with Gasteiger partial charge in [-0.05, 0) is 69.4 Å². The van der Waals surface area contributed by atoms with E-state index in [1.54, 1.807) is 7.11 Å². The van der Waals surface area contributed by atoms with Gasteiger partial charge in [-0.25, -0.2) is 9.78 Å². The van der Waals surface area contributed by atoms with Crippen molar-refractivity contribution in [2.24, 2.45) is 0 Å². The van der Waals surface area contributed by atoms with Crippen molar-refractivity contribution in [1.29, 1.82) is 0 Å². The van der Waals surface area contributed by atoms with Gasteiger partial charge >= 0.3 is 5.97 Å². The zero-order valence-corrected chi connectivity index (χ0v) is 18.1. The highest BCUT2D eigenvalue weighted by atomic mass is 16.6. The van der Waals surface area contributed by atoms with Crippen LogP contribution >= 0.6 is 0 Å². The number of rotatable bonds is 7. The Morgan fingerprint density at radius 3 is 2.77 bits per heavy atom. The first-order valence-electron chi connectivity index (χ1n) is 10.4. The standard InChI is InChI=1S/C24H29N3O3/c1-24(2,3)30-23(28)19-14-17(16-8-9-16)15-25-22(19)26-20-6-5-7-21-18(20)10-11-27(21)12-13-29-4/h5-7,10-11,14-16H,8-9,12-13H2,1-4H3,(H,25,26). The minimum absolute atomic E-state index is 0.357. The van der Waals surface area contributed by atoms with Gasteiger partial charge in [0.2, 0.25) is 0 Å². The van der Waals surface area contributed by atoms with Gasteiger partial charge in [0.05, 0.1) is 12.1 Å². The number of anilines is 2. The fourth-order valence-corrected chi connectivity index (χ4v) is 3.55. The molecule has 0 amide bonds. The van der Waals surface area contributed by atoms with Crippen molar-refractivity contribution in [2.45, 2.75) is 51.7 Å². The normalized spacial score (nSPS) is 14.1. The molecule has 4 rings (SSSR count). The highest BCUT2D eigenvalue weighted by molar-refractivity contribution is 5.99. The molecule has 1 aromatic carbocycles. The number of nitrogens with one attached hydrogen (secondary N) is 1. The van der Waals surface area contributed by atoms with Gasteiger partial charge in [-0.1, -0.05) is 6.07 Å². The van der Waals surface area contributed by atoms with Crippen LogP contribution in [0, 0.1) is 0 Å². The Bertz CT molecular complexity index is 1060. The van der Waals surface area contributed by atoms with E-state index in [4.69, 9.17) is 9.47 Å². The third kappa shape index (κ3) is 4.49. The first-order chi connectivity index (χ1) is 14.4. The molecule has 0 aliphatic heterocycles. The predicted molar refractivity (Wildman–Crippen MR) is 118 cm³/mol. The lowest BCUT2D eigenvalue weighted by atomic mass is 10.1. The van der Waals surface area contributed by atoms with Crippen molar-refractivity contribution in [3.63, 3.8) is 0 Å². The van der Waals surface area contributed by atoms with E-state index in [2.05, 4.69) is 27.0 Å². The predicted octanol–water partition coefficient (Wildman–Crippen LogP) is 5.26. The summed E-state index contributed by atoms with van der Waals surface area (Å²) >= 11 is 0. The molecular formula is C24H29N3O3. The topological polar surface area (TPSA) is 65.4 Å². The van der Waals surface area contributed by atoms with Gasteiger partial charge in [0, 0.05) is 37.1 Å². The maximum atomic E-state index is 12.9. The Kier molecular flexibility index (Phi) is 5.52. The van der Waals surface area contributed by atoms with Crippen molar-refractivity contribution >= 4 is 28.4 Å². The number of benzene rings is 1. The van der Waals surface area contributed by atoms with Gasteiger partial charge in [0.15, 0.2) is 0 Å². The first-order valence-corrected chi connectivity index (χ1v) is 10.4. The van der Waals surface area contributed by atoms with Gasteiger partial charge in [0.1, 0.15) is 17.0 Å². The number of fused-ring (bicyclic) bond motifs is 1. The van der Waals surface area contributed by atoms with Crippen LogP contribution in [-0.4, -0.2) is 34.8 Å². The number of pyridine rings is 1. The summed E-state index contributed by atoms with van der Waals surface area (Å²) in [5, 5.41) is 4.45. The Balaban J connectivity index is 1.69. The highest BCUT2D eigenvalue weighted by Gasteiger charge is 2.28. The number of hydrogen-bond donors (Lipinski definition) is 1. The maximum Gasteiger partial charge on any atom is 0.342 e. The van der Waals surface area contributed by atoms with E-state index in [1.807, 2.05) is 51.4 Å². The van der Waals surface area contributed by atoms with E-state index in [0.717, 1.165) is 41.5 Å². The van der Waals surface area contributed by atoms with Crippen LogP contribution in [0.3, 0.4) is 0 Å². The highest BCUT2D eigenvalue weighted by Crippen LogP contribution is 2.41. The first kappa shape index (κ1) is 20.4. The number of hydrogen-bond acceptors (Lipinski definition) is 5. The fraction of sp³-hybridized carbons (Fsp3) is 0.417. The average Bonchev–Trinajstić information content (AvgIpc) is 3.46. The smallest absolute Gasteiger partial charge is 0.342 e. The lowest BCUT2D eigenvalue weighted by Crippen LogP contribution is -2.24. The molecule has 1 saturated carbocycles. The second kappa shape index (κ2) is 8.11. The molecule has 30 heavy (non-hydrogen) atoms. The molecule has 2 heterocycles. The van der Waals surface area contributed by atoms with Crippen molar-refractivity contribution in [3.8, 4) is 0 Å². The van der Waals surface area contributed by atoms with E-state index in [1.165, 1.54) is 0 Å². The van der Waals surface area contributed by atoms with E-state index in [0.29, 0.717) is 23.9 Å². The van der Waals surface area contributed by atoms with Crippen molar-refractivity contribution < 1.29 is 14.3 Å². The molecule has 1 fully saturated rings. The molecule has 0 bridgehead atoms. The summed E-state index contributed by atoms with van der Waals surface area (Å²) in [4.78, 5) is 17.5. The molecule has 158 valence electrons. The Labute approximate surface area is 177 Å². The van der Waals surface area contributed by atoms with E-state index in [-0.39, 0.29) is 5.97 Å². The molecule has 6 nitrogen and oxygen atoms in total. The summed E-state index contributed by atoms with van der Waals surface area (Å²) in [6.45, 7) is 7.05. The number of esters is 1. The van der Waals surface area contributed by atoms with E-state index in [9.17, 15) is 4.79 Å². The molecular weight excluding hydrogens is 378 g/mol.